The smallest absolute Gasteiger partial charge is 0.276 e. The van der Waals surface area contributed by atoms with Crippen LogP contribution in [0.5, 0.6) is 0 Å². The number of nitrogens with zero attached hydrogens (tertiary/aromatic N) is 3. The van der Waals surface area contributed by atoms with E-state index >= 15 is 0 Å². The summed E-state index contributed by atoms with van der Waals surface area (Å²) in [6, 6.07) is 14.0. The van der Waals surface area contributed by atoms with Crippen LogP contribution in [0.15, 0.2) is 53.4 Å². The molecule has 1 amide bonds. The van der Waals surface area contributed by atoms with E-state index in [1.165, 1.54) is 17.0 Å². The minimum Gasteiger partial charge on any atom is -0.372 e. The summed E-state index contributed by atoms with van der Waals surface area (Å²) in [4.78, 5) is 27.7. The van der Waals surface area contributed by atoms with Gasteiger partial charge in [0.15, 0.2) is 4.32 Å². The number of nitro groups is 1. The van der Waals surface area contributed by atoms with Crippen molar-refractivity contribution in [1.29, 1.82) is 0 Å². The van der Waals surface area contributed by atoms with Crippen molar-refractivity contribution in [3.63, 3.8) is 0 Å². The number of hydrogen-bond donors (Lipinski definition) is 0. The van der Waals surface area contributed by atoms with E-state index in [2.05, 4.69) is 18.7 Å². The molecule has 144 valence electrons. The zero-order valence-corrected chi connectivity index (χ0v) is 17.1. The van der Waals surface area contributed by atoms with Crippen molar-refractivity contribution >= 4 is 57.3 Å². The third kappa shape index (κ3) is 3.93. The number of amides is 1. The lowest BCUT2D eigenvalue weighted by molar-refractivity contribution is -0.385. The first-order chi connectivity index (χ1) is 13.5. The van der Waals surface area contributed by atoms with Crippen LogP contribution in [0.3, 0.4) is 0 Å². The van der Waals surface area contributed by atoms with Crippen molar-refractivity contribution in [1.82, 2.24) is 0 Å². The van der Waals surface area contributed by atoms with Crippen molar-refractivity contribution in [2.24, 2.45) is 0 Å². The third-order valence-corrected chi connectivity index (χ3v) is 5.75. The second-order valence-electron chi connectivity index (χ2n) is 6.02. The molecule has 2 aromatic rings. The first kappa shape index (κ1) is 20.0. The molecule has 0 atom stereocenters. The Morgan fingerprint density at radius 2 is 1.79 bits per heavy atom. The number of benzene rings is 2. The van der Waals surface area contributed by atoms with Gasteiger partial charge in [-0.3, -0.25) is 19.8 Å². The molecule has 1 heterocycles. The summed E-state index contributed by atoms with van der Waals surface area (Å²) in [6.07, 6.45) is 1.53. The molecule has 1 aliphatic heterocycles. The Bertz CT molecular complexity index is 953. The summed E-state index contributed by atoms with van der Waals surface area (Å²) in [5.74, 6) is -0.274. The Labute approximate surface area is 173 Å². The molecule has 3 rings (SSSR count). The number of carbonyl (C=O) groups is 1. The Morgan fingerprint density at radius 1 is 1.14 bits per heavy atom. The number of para-hydroxylation sites is 1. The molecule has 0 bridgehead atoms. The fraction of sp³-hybridized carbons (Fsp3) is 0.200. The van der Waals surface area contributed by atoms with Gasteiger partial charge in [-0.15, -0.1) is 0 Å². The molecule has 2 aromatic carbocycles. The molecule has 0 N–H and O–H groups in total. The van der Waals surface area contributed by atoms with E-state index in [1.807, 2.05) is 24.3 Å². The van der Waals surface area contributed by atoms with Crippen molar-refractivity contribution in [2.45, 2.75) is 13.8 Å². The van der Waals surface area contributed by atoms with Crippen LogP contribution in [0.25, 0.3) is 6.08 Å². The Morgan fingerprint density at radius 3 is 2.39 bits per heavy atom. The highest BCUT2D eigenvalue weighted by molar-refractivity contribution is 8.27. The van der Waals surface area contributed by atoms with Crippen LogP contribution < -0.4 is 9.80 Å². The molecular weight excluding hydrogens is 394 g/mol. The number of rotatable bonds is 6. The molecule has 1 aliphatic rings. The van der Waals surface area contributed by atoms with E-state index in [0.29, 0.717) is 20.5 Å². The number of anilines is 2. The van der Waals surface area contributed by atoms with Crippen LogP contribution in [-0.2, 0) is 4.79 Å². The molecule has 0 aromatic heterocycles. The predicted molar refractivity (Wildman–Crippen MR) is 119 cm³/mol. The van der Waals surface area contributed by atoms with Gasteiger partial charge in [0.1, 0.15) is 0 Å². The first-order valence-corrected chi connectivity index (χ1v) is 10.0. The number of carbonyl (C=O) groups excluding carboxylic acids is 1. The van der Waals surface area contributed by atoms with Gasteiger partial charge in [0.25, 0.3) is 11.6 Å². The van der Waals surface area contributed by atoms with E-state index < -0.39 is 4.92 Å². The van der Waals surface area contributed by atoms with Crippen LogP contribution >= 0.6 is 24.0 Å². The van der Waals surface area contributed by atoms with Crippen molar-refractivity contribution in [2.75, 3.05) is 22.9 Å². The van der Waals surface area contributed by atoms with Gasteiger partial charge in [-0.05, 0) is 50.3 Å². The molecule has 6 nitrogen and oxygen atoms in total. The molecule has 0 spiro atoms. The molecule has 1 fully saturated rings. The molecule has 0 unspecified atom stereocenters. The number of thioether (sulfide) groups is 1. The highest BCUT2D eigenvalue weighted by atomic mass is 32.2. The van der Waals surface area contributed by atoms with Crippen molar-refractivity contribution in [3.05, 3.63) is 69.1 Å². The van der Waals surface area contributed by atoms with Crippen LogP contribution in [0.4, 0.5) is 17.1 Å². The monoisotopic (exact) mass is 413 g/mol. The molecule has 0 radical (unpaired) electrons. The highest BCUT2D eigenvalue weighted by Crippen LogP contribution is 2.37. The minimum absolute atomic E-state index is 0.0451. The highest BCUT2D eigenvalue weighted by Gasteiger charge is 2.33. The maximum Gasteiger partial charge on any atom is 0.276 e. The quantitative estimate of drug-likeness (QED) is 0.292. The van der Waals surface area contributed by atoms with Gasteiger partial charge in [-0.2, -0.15) is 0 Å². The van der Waals surface area contributed by atoms with Gasteiger partial charge >= 0.3 is 0 Å². The third-order valence-electron chi connectivity index (χ3n) is 4.45. The predicted octanol–water partition coefficient (Wildman–Crippen LogP) is 4.85. The fourth-order valence-corrected chi connectivity index (χ4v) is 4.30. The zero-order chi connectivity index (χ0) is 20.3. The largest absolute Gasteiger partial charge is 0.372 e. The topological polar surface area (TPSA) is 66.7 Å². The number of hydrogen-bond acceptors (Lipinski definition) is 6. The SMILES string of the molecule is CCN(CC)c1ccc(N2C(=O)C(=Cc3ccccc3[N+](=O)[O-])SC2=S)cc1. The average Bonchev–Trinajstić information content (AvgIpc) is 2.97. The van der Waals surface area contributed by atoms with Gasteiger partial charge in [-0.25, -0.2) is 0 Å². The maximum atomic E-state index is 12.9. The van der Waals surface area contributed by atoms with Gasteiger partial charge < -0.3 is 4.90 Å². The molecule has 28 heavy (non-hydrogen) atoms. The molecule has 8 heteroatoms. The molecular formula is C20H19N3O3S2. The first-order valence-electron chi connectivity index (χ1n) is 8.82. The van der Waals surface area contributed by atoms with Gasteiger partial charge in [0.2, 0.25) is 0 Å². The molecule has 1 saturated heterocycles. The van der Waals surface area contributed by atoms with Gasteiger partial charge in [0.05, 0.1) is 21.1 Å². The summed E-state index contributed by atoms with van der Waals surface area (Å²) in [7, 11) is 0. The number of thiocarbonyl (C=S) groups is 1. The zero-order valence-electron chi connectivity index (χ0n) is 15.5. The van der Waals surface area contributed by atoms with Crippen LogP contribution in [0, 0.1) is 10.1 Å². The maximum absolute atomic E-state index is 12.9. The summed E-state index contributed by atoms with van der Waals surface area (Å²) in [6.45, 7) is 5.98. The Balaban J connectivity index is 1.89. The summed E-state index contributed by atoms with van der Waals surface area (Å²) in [5, 5.41) is 11.2. The molecule has 0 aliphatic carbocycles. The lowest BCUT2D eigenvalue weighted by atomic mass is 10.1. The van der Waals surface area contributed by atoms with Crippen LogP contribution in [0.1, 0.15) is 19.4 Å². The normalized spacial score (nSPS) is 15.4. The lowest BCUT2D eigenvalue weighted by Gasteiger charge is -2.22. The van der Waals surface area contributed by atoms with E-state index in [4.69, 9.17) is 12.2 Å². The second kappa shape index (κ2) is 8.53. The van der Waals surface area contributed by atoms with E-state index in [9.17, 15) is 14.9 Å². The van der Waals surface area contributed by atoms with E-state index in [-0.39, 0.29) is 11.6 Å². The van der Waals surface area contributed by atoms with Crippen LogP contribution in [0.2, 0.25) is 0 Å². The van der Waals surface area contributed by atoms with Crippen LogP contribution in [-0.4, -0.2) is 28.2 Å². The van der Waals surface area contributed by atoms with E-state index in [0.717, 1.165) is 30.5 Å². The summed E-state index contributed by atoms with van der Waals surface area (Å²) < 4.78 is 0.408. The van der Waals surface area contributed by atoms with E-state index in [1.54, 1.807) is 18.2 Å². The minimum atomic E-state index is -0.460. The Kier molecular flexibility index (Phi) is 6.11. The average molecular weight is 414 g/mol. The van der Waals surface area contributed by atoms with Gasteiger partial charge in [0, 0.05) is 24.8 Å². The van der Waals surface area contributed by atoms with Gasteiger partial charge in [-0.1, -0.05) is 36.1 Å². The standard InChI is InChI=1S/C20H19N3O3S2/c1-3-21(4-2)15-9-11-16(12-10-15)22-19(24)18(28-20(22)27)13-14-7-5-6-8-17(14)23(25)26/h5-13H,3-4H2,1-2H3. The second-order valence-corrected chi connectivity index (χ2v) is 7.70. The Hall–Kier alpha value is -2.71. The summed E-state index contributed by atoms with van der Waals surface area (Å²) in [5.41, 5.74) is 2.10. The van der Waals surface area contributed by atoms with Crippen molar-refractivity contribution in [3.8, 4) is 0 Å². The summed E-state index contributed by atoms with van der Waals surface area (Å²) >= 11 is 6.54. The molecule has 0 saturated carbocycles. The fourth-order valence-electron chi connectivity index (χ4n) is 3.01. The van der Waals surface area contributed by atoms with Crippen molar-refractivity contribution < 1.29 is 9.72 Å². The lowest BCUT2D eigenvalue weighted by Crippen LogP contribution is -2.27. The number of nitro benzene ring substituents is 1.